The van der Waals surface area contributed by atoms with Crippen LogP contribution in [0, 0.1) is 18.8 Å². The number of H-pyrrole nitrogens is 1. The molecule has 2 aliphatic carbocycles. The molecule has 0 bridgehead atoms. The number of amides is 1. The third-order valence-electron chi connectivity index (χ3n) is 13.1. The number of para-hydroxylation sites is 2. The van der Waals surface area contributed by atoms with Gasteiger partial charge in [0, 0.05) is 75.5 Å². The molecule has 1 fully saturated rings. The zero-order valence-corrected chi connectivity index (χ0v) is 43.1. The minimum Gasteiger partial charge on any atom is -0.355 e. The number of aromatic amines is 1. The Balaban J connectivity index is 0.000000164. The standard InChI is InChI=1S/C24H21N7O4S.C21H15NO2.C9H17N3O.C2H6/c1-14-7-8-18(13-20(14)36(33,34)35)27-24-30-22(25-16-5-3-2-4-6-16)29-23(31-24)26-17-9-10-19-15(11-17)12-21(32)28-19;23-20-14-6-2-1-5-12(14)9-13-10-17-19(11-16(13)20)22-18-8-4-3-7-15(18)21(17)24;1-9(11-8-13-10-2)4-6-12(3)7-5-9;1-2/h2-11,13H,12H2,1H3,(H,28,32)(H,33,34,35)(H3,25,26,27,29,30,31);1-8,10-11,13,16,22H,9H2;8H,2,4-7H2,1,3H3;1-2H3. The molecular weight excluding hydrogens is 971 g/mol. The number of oxime groups is 1. The van der Waals surface area contributed by atoms with Crippen molar-refractivity contribution in [2.24, 2.45) is 22.0 Å². The summed E-state index contributed by atoms with van der Waals surface area (Å²) in [4.78, 5) is 65.0. The minimum atomic E-state index is -4.40. The molecule has 386 valence electrons. The first-order chi connectivity index (χ1) is 36.1. The average molecular weight is 1030 g/mol. The Morgan fingerprint density at radius 3 is 2.12 bits per heavy atom. The molecule has 75 heavy (non-hydrogen) atoms. The minimum absolute atomic E-state index is 0.0250. The van der Waals surface area contributed by atoms with Crippen molar-refractivity contribution < 1.29 is 27.4 Å². The van der Waals surface area contributed by atoms with Gasteiger partial charge in [-0.2, -0.15) is 23.4 Å². The van der Waals surface area contributed by atoms with E-state index >= 15 is 0 Å². The molecule has 2 aliphatic heterocycles. The number of nitrogens with one attached hydrogen (secondary N) is 5. The van der Waals surface area contributed by atoms with Gasteiger partial charge in [-0.1, -0.05) is 85.7 Å². The average Bonchev–Trinajstić information content (AvgIpc) is 3.78. The highest BCUT2D eigenvalue weighted by atomic mass is 32.2. The molecular formula is C56H59N11O7S. The number of carbonyl (C=O) groups excluding carboxylic acids is 2. The van der Waals surface area contributed by atoms with Crippen molar-refractivity contribution in [3.8, 4) is 0 Å². The number of aliphatic imine (C=N–C) groups is 1. The maximum atomic E-state index is 12.9. The quantitative estimate of drug-likeness (QED) is 0.0328. The Morgan fingerprint density at radius 2 is 1.43 bits per heavy atom. The summed E-state index contributed by atoms with van der Waals surface area (Å²) < 4.78 is 32.9. The molecule has 19 heteroatoms. The van der Waals surface area contributed by atoms with Gasteiger partial charge in [0.05, 0.1) is 16.9 Å². The van der Waals surface area contributed by atoms with Gasteiger partial charge in [-0.3, -0.25) is 18.9 Å². The number of aryl methyl sites for hydroxylation is 1. The van der Waals surface area contributed by atoms with E-state index < -0.39 is 10.1 Å². The van der Waals surface area contributed by atoms with Crippen LogP contribution < -0.4 is 37.3 Å². The molecule has 0 spiro atoms. The number of Topliss-reactive ketones (excluding diaryl/α,β-unsaturated/α-hetero) is 1. The summed E-state index contributed by atoms with van der Waals surface area (Å²) in [5.41, 5.74) is 6.59. The Hall–Kier alpha value is -8.39. The number of piperidine rings is 1. The number of carbonyl (C=O) groups is 2. The number of rotatable bonds is 10. The topological polar surface area (TPSA) is 245 Å². The van der Waals surface area contributed by atoms with Crippen molar-refractivity contribution in [1.29, 1.82) is 0 Å². The van der Waals surface area contributed by atoms with E-state index in [0.717, 1.165) is 71.3 Å². The van der Waals surface area contributed by atoms with Crippen LogP contribution >= 0.6 is 0 Å². The molecule has 2 unspecified atom stereocenters. The fraction of sp³-hybridized carbons (Fsp3) is 0.250. The highest BCUT2D eigenvalue weighted by molar-refractivity contribution is 7.85. The van der Waals surface area contributed by atoms with Crippen molar-refractivity contribution >= 4 is 98.6 Å². The van der Waals surface area contributed by atoms with Crippen molar-refractivity contribution in [3.63, 3.8) is 0 Å². The second kappa shape index (κ2) is 23.2. The largest absolute Gasteiger partial charge is 0.355 e. The number of ketones is 1. The van der Waals surface area contributed by atoms with Gasteiger partial charge >= 0.3 is 0 Å². The Kier molecular flexibility index (Phi) is 16.4. The lowest BCUT2D eigenvalue weighted by atomic mass is 9.73. The zero-order chi connectivity index (χ0) is 53.3. The van der Waals surface area contributed by atoms with Gasteiger partial charge in [-0.05, 0) is 123 Å². The molecule has 18 nitrogen and oxygen atoms in total. The number of anilines is 7. The highest BCUT2D eigenvalue weighted by Crippen LogP contribution is 2.33. The van der Waals surface area contributed by atoms with Crippen LogP contribution in [0.3, 0.4) is 0 Å². The van der Waals surface area contributed by atoms with E-state index in [1.54, 1.807) is 31.2 Å². The van der Waals surface area contributed by atoms with Crippen molar-refractivity contribution in [2.45, 2.75) is 63.8 Å². The fourth-order valence-electron chi connectivity index (χ4n) is 9.14. The third-order valence-corrected chi connectivity index (χ3v) is 14.1. The summed E-state index contributed by atoms with van der Waals surface area (Å²) in [5, 5.41) is 17.4. The lowest BCUT2D eigenvalue weighted by Gasteiger charge is -2.34. The molecule has 5 aromatic carbocycles. The van der Waals surface area contributed by atoms with Gasteiger partial charge in [0.25, 0.3) is 10.1 Å². The number of hydrogen-bond acceptors (Lipinski definition) is 15. The molecule has 0 saturated carbocycles. The predicted molar refractivity (Wildman–Crippen MR) is 296 cm³/mol. The number of fused-ring (bicyclic) bond motifs is 5. The maximum Gasteiger partial charge on any atom is 0.294 e. The van der Waals surface area contributed by atoms with Gasteiger partial charge in [-0.15, -0.1) is 0 Å². The maximum absolute atomic E-state index is 12.9. The Labute approximate surface area is 434 Å². The summed E-state index contributed by atoms with van der Waals surface area (Å²) in [6.07, 6.45) is 8.57. The van der Waals surface area contributed by atoms with Crippen LogP contribution in [-0.2, 0) is 32.6 Å². The smallest absolute Gasteiger partial charge is 0.294 e. The lowest BCUT2D eigenvalue weighted by Crippen LogP contribution is -2.47. The van der Waals surface area contributed by atoms with Crippen LogP contribution in [-0.4, -0.2) is 88.3 Å². The van der Waals surface area contributed by atoms with E-state index in [4.69, 9.17) is 0 Å². The summed E-state index contributed by atoms with van der Waals surface area (Å²) in [5.74, 6) is 0.537. The number of hydrogen-bond donors (Lipinski definition) is 6. The fourth-order valence-corrected chi connectivity index (χ4v) is 9.90. The molecule has 2 atom stereocenters. The first-order valence-electron chi connectivity index (χ1n) is 24.6. The van der Waals surface area contributed by atoms with Crippen LogP contribution in [0.25, 0.3) is 23.1 Å². The van der Waals surface area contributed by atoms with E-state index in [1.807, 2.05) is 111 Å². The van der Waals surface area contributed by atoms with Crippen LogP contribution in [0.2, 0.25) is 0 Å². The van der Waals surface area contributed by atoms with Gasteiger partial charge < -0.3 is 36.0 Å². The Morgan fingerprint density at radius 1 is 0.800 bits per heavy atom. The van der Waals surface area contributed by atoms with Crippen molar-refractivity contribution in [3.05, 3.63) is 158 Å². The second-order valence-electron chi connectivity index (χ2n) is 18.4. The molecule has 4 heterocycles. The van der Waals surface area contributed by atoms with Crippen LogP contribution in [0.4, 0.5) is 40.6 Å². The van der Waals surface area contributed by atoms with Crippen LogP contribution in [0.5, 0.6) is 0 Å². The second-order valence-corrected chi connectivity index (χ2v) is 19.8. The number of nitrogens with zero attached hydrogens (tertiary/aromatic N) is 6. The predicted octanol–water partition coefficient (Wildman–Crippen LogP) is 8.08. The number of aromatic nitrogens is 4. The van der Waals surface area contributed by atoms with E-state index in [-0.39, 0.29) is 57.2 Å². The van der Waals surface area contributed by atoms with E-state index in [2.05, 4.69) is 81.8 Å². The zero-order valence-electron chi connectivity index (χ0n) is 42.3. The van der Waals surface area contributed by atoms with Gasteiger partial charge in [0.2, 0.25) is 30.2 Å². The molecule has 6 N–H and O–H groups in total. The van der Waals surface area contributed by atoms with Gasteiger partial charge in [0.15, 0.2) is 11.2 Å². The normalized spacial score (nSPS) is 16.9. The van der Waals surface area contributed by atoms with Crippen LogP contribution in [0.15, 0.2) is 135 Å². The molecule has 1 saturated heterocycles. The summed E-state index contributed by atoms with van der Waals surface area (Å²) in [6, 6.07) is 34.6. The lowest BCUT2D eigenvalue weighted by molar-refractivity contribution is -0.115. The van der Waals surface area contributed by atoms with Crippen molar-refractivity contribution in [1.82, 2.24) is 24.8 Å². The Bertz CT molecular complexity index is 3600. The molecule has 11 rings (SSSR count). The number of pyridine rings is 1. The van der Waals surface area contributed by atoms with E-state index in [0.29, 0.717) is 34.0 Å². The molecule has 1 amide bonds. The first-order valence-corrected chi connectivity index (χ1v) is 26.0. The van der Waals surface area contributed by atoms with Gasteiger partial charge in [0.1, 0.15) is 0 Å². The summed E-state index contributed by atoms with van der Waals surface area (Å²) >= 11 is 0. The van der Waals surface area contributed by atoms with E-state index in [9.17, 15) is 27.4 Å². The van der Waals surface area contributed by atoms with E-state index in [1.165, 1.54) is 12.5 Å². The van der Waals surface area contributed by atoms with Gasteiger partial charge in [-0.25, -0.2) is 4.99 Å². The first kappa shape index (κ1) is 52.9. The summed E-state index contributed by atoms with van der Waals surface area (Å²) in [7, 11) is -2.27. The number of likely N-dealkylation sites (tertiary alicyclic amines) is 1. The van der Waals surface area contributed by atoms with Crippen molar-refractivity contribution in [2.75, 3.05) is 41.4 Å². The summed E-state index contributed by atoms with van der Waals surface area (Å²) in [6.45, 7) is 13.1. The molecule has 7 aromatic rings. The highest BCUT2D eigenvalue weighted by Gasteiger charge is 2.34. The molecule has 4 aliphatic rings. The monoisotopic (exact) mass is 1030 g/mol. The molecule has 2 aromatic heterocycles. The number of benzene rings is 5. The van der Waals surface area contributed by atoms with Crippen LogP contribution in [0.1, 0.15) is 60.7 Å². The third kappa shape index (κ3) is 12.9. The SMILES string of the molecule is C=NOC=NC1(C)CCN(C)CC1.CC.Cc1ccc(Nc2nc(Nc3ccccc3)nc(Nc3ccc4c(c3)CC(=O)N4)n2)cc1S(=O)(=O)O.O=C1c2ccccc2CC2C=c3c([nH]c4ccccc4c3=O)=CC12. The molecule has 0 radical (unpaired) electrons.